The molecular formula is C20H30N2O2S. The summed E-state index contributed by atoms with van der Waals surface area (Å²) >= 11 is 1.74. The van der Waals surface area contributed by atoms with Crippen molar-refractivity contribution in [3.8, 4) is 0 Å². The maximum absolute atomic E-state index is 12.8. The molecule has 5 heteroatoms. The van der Waals surface area contributed by atoms with E-state index in [1.165, 1.54) is 17.7 Å². The average Bonchev–Trinajstić information content (AvgIpc) is 3.06. The Balaban J connectivity index is 1.58. The zero-order valence-corrected chi connectivity index (χ0v) is 15.9. The van der Waals surface area contributed by atoms with Crippen LogP contribution < -0.4 is 5.32 Å². The average molecular weight is 363 g/mol. The maximum atomic E-state index is 12.8. The maximum Gasteiger partial charge on any atom is 0.223 e. The van der Waals surface area contributed by atoms with Crippen LogP contribution >= 0.6 is 11.3 Å². The number of nitrogens with one attached hydrogen (secondary N) is 1. The summed E-state index contributed by atoms with van der Waals surface area (Å²) < 4.78 is 0. The quantitative estimate of drug-likeness (QED) is 0.845. The highest BCUT2D eigenvalue weighted by molar-refractivity contribution is 7.10. The van der Waals surface area contributed by atoms with Gasteiger partial charge in [0, 0.05) is 23.9 Å². The highest BCUT2D eigenvalue weighted by atomic mass is 32.1. The summed E-state index contributed by atoms with van der Waals surface area (Å²) in [4.78, 5) is 16.6. The molecule has 1 amide bonds. The number of nitrogens with zero attached hydrogens (tertiary/aromatic N) is 1. The predicted molar refractivity (Wildman–Crippen MR) is 100 cm³/mol. The Morgan fingerprint density at radius 1 is 1.36 bits per heavy atom. The lowest BCUT2D eigenvalue weighted by Crippen LogP contribution is -2.63. The van der Waals surface area contributed by atoms with E-state index in [-0.39, 0.29) is 23.9 Å². The van der Waals surface area contributed by atoms with Gasteiger partial charge in [0.2, 0.25) is 5.91 Å². The molecule has 2 saturated carbocycles. The molecule has 3 aliphatic rings. The summed E-state index contributed by atoms with van der Waals surface area (Å²) in [6, 6.07) is 4.10. The largest absolute Gasteiger partial charge is 0.388 e. The van der Waals surface area contributed by atoms with Crippen LogP contribution in [0.25, 0.3) is 0 Å². The third-order valence-corrected chi connectivity index (χ3v) is 7.28. The molecule has 4 rings (SSSR count). The van der Waals surface area contributed by atoms with Crippen LogP contribution in [0, 0.1) is 11.8 Å². The third-order valence-electron chi connectivity index (χ3n) is 6.33. The first-order valence-electron chi connectivity index (χ1n) is 9.85. The summed E-state index contributed by atoms with van der Waals surface area (Å²) in [7, 11) is 0. The van der Waals surface area contributed by atoms with E-state index in [0.29, 0.717) is 0 Å². The molecule has 1 aliphatic heterocycles. The van der Waals surface area contributed by atoms with Crippen LogP contribution in [-0.2, 0) is 4.79 Å². The SMILES string of the molecule is CC1(O)CCN(CC2CC2)C(c2cccs2)C1NC(=O)C1CCCC1. The van der Waals surface area contributed by atoms with Gasteiger partial charge in [0.1, 0.15) is 0 Å². The predicted octanol–water partition coefficient (Wildman–Crippen LogP) is 3.33. The molecule has 0 spiro atoms. The van der Waals surface area contributed by atoms with Gasteiger partial charge >= 0.3 is 0 Å². The van der Waals surface area contributed by atoms with Gasteiger partial charge < -0.3 is 10.4 Å². The minimum atomic E-state index is -0.858. The second kappa shape index (κ2) is 7.01. The molecule has 0 aromatic carbocycles. The number of rotatable bonds is 5. The van der Waals surface area contributed by atoms with Gasteiger partial charge in [0.25, 0.3) is 0 Å². The molecule has 1 saturated heterocycles. The van der Waals surface area contributed by atoms with E-state index in [0.717, 1.165) is 51.1 Å². The first kappa shape index (κ1) is 17.5. The van der Waals surface area contributed by atoms with Crippen molar-refractivity contribution >= 4 is 17.2 Å². The fraction of sp³-hybridized carbons (Fsp3) is 0.750. The Morgan fingerprint density at radius 2 is 2.12 bits per heavy atom. The summed E-state index contributed by atoms with van der Waals surface area (Å²) in [6.45, 7) is 3.90. The van der Waals surface area contributed by atoms with Crippen LogP contribution in [0.1, 0.15) is 62.8 Å². The molecule has 3 fully saturated rings. The first-order chi connectivity index (χ1) is 12.0. The van der Waals surface area contributed by atoms with Crippen LogP contribution in [0.4, 0.5) is 0 Å². The van der Waals surface area contributed by atoms with Gasteiger partial charge in [-0.25, -0.2) is 0 Å². The van der Waals surface area contributed by atoms with Crippen LogP contribution in [0.15, 0.2) is 17.5 Å². The van der Waals surface area contributed by atoms with E-state index in [1.807, 2.05) is 6.92 Å². The topological polar surface area (TPSA) is 52.6 Å². The van der Waals surface area contributed by atoms with Crippen molar-refractivity contribution in [2.45, 2.75) is 69.6 Å². The summed E-state index contributed by atoms with van der Waals surface area (Å²) in [5, 5.41) is 16.5. The summed E-state index contributed by atoms with van der Waals surface area (Å²) in [6.07, 6.45) is 7.67. The fourth-order valence-electron chi connectivity index (χ4n) is 4.55. The number of hydrogen-bond acceptors (Lipinski definition) is 4. The van der Waals surface area contributed by atoms with Crippen molar-refractivity contribution < 1.29 is 9.90 Å². The van der Waals surface area contributed by atoms with E-state index < -0.39 is 5.60 Å². The van der Waals surface area contributed by atoms with E-state index >= 15 is 0 Å². The number of aliphatic hydroxyl groups is 1. The molecular weight excluding hydrogens is 332 g/mol. The Hall–Kier alpha value is -0.910. The lowest BCUT2D eigenvalue weighted by atomic mass is 9.81. The van der Waals surface area contributed by atoms with Gasteiger partial charge in [-0.1, -0.05) is 18.9 Å². The molecule has 138 valence electrons. The number of likely N-dealkylation sites (tertiary alicyclic amines) is 1. The van der Waals surface area contributed by atoms with E-state index in [1.54, 1.807) is 11.3 Å². The molecule has 4 nitrogen and oxygen atoms in total. The van der Waals surface area contributed by atoms with Crippen LogP contribution in [0.2, 0.25) is 0 Å². The Kier molecular flexibility index (Phi) is 4.91. The second-order valence-electron chi connectivity index (χ2n) is 8.47. The van der Waals surface area contributed by atoms with Crippen molar-refractivity contribution in [2.24, 2.45) is 11.8 Å². The molecule has 0 bridgehead atoms. The Bertz CT molecular complexity index is 591. The van der Waals surface area contributed by atoms with Crippen LogP contribution in [0.3, 0.4) is 0 Å². The summed E-state index contributed by atoms with van der Waals surface area (Å²) in [5.41, 5.74) is -0.858. The Labute approximate surface area is 154 Å². The molecule has 3 atom stereocenters. The smallest absolute Gasteiger partial charge is 0.223 e. The highest BCUT2D eigenvalue weighted by Crippen LogP contribution is 2.42. The minimum Gasteiger partial charge on any atom is -0.388 e. The lowest BCUT2D eigenvalue weighted by molar-refractivity contribution is -0.132. The Morgan fingerprint density at radius 3 is 2.76 bits per heavy atom. The van der Waals surface area contributed by atoms with Crippen molar-refractivity contribution in [1.82, 2.24) is 10.2 Å². The molecule has 0 radical (unpaired) electrons. The fourth-order valence-corrected chi connectivity index (χ4v) is 5.45. The van der Waals surface area contributed by atoms with Gasteiger partial charge in [-0.05, 0) is 56.4 Å². The number of carbonyl (C=O) groups excluding carboxylic acids is 1. The number of carbonyl (C=O) groups is 1. The molecule has 1 aromatic heterocycles. The van der Waals surface area contributed by atoms with Crippen LogP contribution in [-0.4, -0.2) is 40.6 Å². The minimum absolute atomic E-state index is 0.0923. The molecule has 25 heavy (non-hydrogen) atoms. The van der Waals surface area contributed by atoms with Crippen LogP contribution in [0.5, 0.6) is 0 Å². The monoisotopic (exact) mass is 362 g/mol. The lowest BCUT2D eigenvalue weighted by Gasteiger charge is -2.49. The normalized spacial score (nSPS) is 34.3. The third kappa shape index (κ3) is 3.79. The standard InChI is InChI=1S/C20H30N2O2S/c1-20(24)10-11-22(13-14-8-9-14)17(16-7-4-12-25-16)18(20)21-19(23)15-5-2-3-6-15/h4,7,12,14-15,17-18,24H,2-3,5-6,8-11,13H2,1H3,(H,21,23). The zero-order valence-electron chi connectivity index (χ0n) is 15.1. The van der Waals surface area contributed by atoms with Gasteiger partial charge in [0.05, 0.1) is 17.7 Å². The van der Waals surface area contributed by atoms with Crippen molar-refractivity contribution in [1.29, 1.82) is 0 Å². The highest BCUT2D eigenvalue weighted by Gasteiger charge is 2.48. The van der Waals surface area contributed by atoms with E-state index in [4.69, 9.17) is 0 Å². The molecule has 2 heterocycles. The van der Waals surface area contributed by atoms with E-state index in [2.05, 4.69) is 27.7 Å². The molecule has 2 aliphatic carbocycles. The van der Waals surface area contributed by atoms with Crippen molar-refractivity contribution in [2.75, 3.05) is 13.1 Å². The second-order valence-corrected chi connectivity index (χ2v) is 9.45. The zero-order chi connectivity index (χ0) is 17.4. The van der Waals surface area contributed by atoms with E-state index in [9.17, 15) is 9.90 Å². The first-order valence-corrected chi connectivity index (χ1v) is 10.7. The molecule has 3 unspecified atom stereocenters. The number of hydrogen-bond donors (Lipinski definition) is 2. The van der Waals surface area contributed by atoms with Crippen molar-refractivity contribution in [3.05, 3.63) is 22.4 Å². The van der Waals surface area contributed by atoms with Gasteiger partial charge in [-0.15, -0.1) is 11.3 Å². The number of piperidine rings is 1. The van der Waals surface area contributed by atoms with Gasteiger partial charge in [0.15, 0.2) is 0 Å². The number of thiophene rings is 1. The van der Waals surface area contributed by atoms with Crippen molar-refractivity contribution in [3.63, 3.8) is 0 Å². The summed E-state index contributed by atoms with van der Waals surface area (Å²) in [5.74, 6) is 1.09. The molecule has 1 aromatic rings. The van der Waals surface area contributed by atoms with Gasteiger partial charge in [-0.3, -0.25) is 9.69 Å². The van der Waals surface area contributed by atoms with Gasteiger partial charge in [-0.2, -0.15) is 0 Å². The molecule has 2 N–H and O–H groups in total. The number of amides is 1.